The number of hydrogen-bond donors (Lipinski definition) is 1. The second-order valence-corrected chi connectivity index (χ2v) is 4.91. The number of aryl methyl sites for hydroxylation is 2. The van der Waals surface area contributed by atoms with E-state index in [9.17, 15) is 0 Å². The van der Waals surface area contributed by atoms with Crippen LogP contribution in [0.25, 0.3) is 11.3 Å². The van der Waals surface area contributed by atoms with Crippen molar-refractivity contribution in [3.63, 3.8) is 0 Å². The van der Waals surface area contributed by atoms with Crippen LogP contribution in [-0.4, -0.2) is 19.3 Å². The van der Waals surface area contributed by atoms with E-state index in [-0.39, 0.29) is 0 Å². The predicted octanol–water partition coefficient (Wildman–Crippen LogP) is 1.99. The molecule has 2 N–H and O–H groups in total. The summed E-state index contributed by atoms with van der Waals surface area (Å²) in [6.45, 7) is 0. The summed E-state index contributed by atoms with van der Waals surface area (Å²) >= 11 is 0. The van der Waals surface area contributed by atoms with Gasteiger partial charge in [-0.15, -0.1) is 0 Å². The molecule has 102 valence electrons. The number of nitrogens with two attached hydrogens (primary N) is 1. The van der Waals surface area contributed by atoms with Crippen LogP contribution in [0.5, 0.6) is 0 Å². The minimum atomic E-state index is 0.664. The molecule has 5 nitrogen and oxygen atoms in total. The maximum atomic E-state index is 5.80. The van der Waals surface area contributed by atoms with Crippen LogP contribution in [0.1, 0.15) is 11.4 Å². The zero-order chi connectivity index (χ0) is 14.1. The van der Waals surface area contributed by atoms with Crippen LogP contribution in [0.15, 0.2) is 42.7 Å². The fraction of sp³-hybridized carbons (Fsp3) is 0.200. The van der Waals surface area contributed by atoms with E-state index in [4.69, 9.17) is 5.73 Å². The molecule has 0 fully saturated rings. The molecule has 0 spiro atoms. The van der Waals surface area contributed by atoms with Gasteiger partial charge in [0.2, 0.25) is 0 Å². The molecule has 0 saturated heterocycles. The fourth-order valence-electron chi connectivity index (χ4n) is 2.17. The van der Waals surface area contributed by atoms with Crippen molar-refractivity contribution in [1.82, 2.24) is 19.3 Å². The average Bonchev–Trinajstić information content (AvgIpc) is 2.98. The van der Waals surface area contributed by atoms with Crippen molar-refractivity contribution in [2.24, 2.45) is 14.1 Å². The molecule has 2 heterocycles. The summed E-state index contributed by atoms with van der Waals surface area (Å²) in [6.07, 6.45) is 4.61. The van der Waals surface area contributed by atoms with Crippen LogP contribution in [0.2, 0.25) is 0 Å². The summed E-state index contributed by atoms with van der Waals surface area (Å²) in [5.41, 5.74) is 9.00. The Labute approximate surface area is 117 Å². The van der Waals surface area contributed by atoms with Crippen LogP contribution in [0.4, 0.5) is 5.82 Å². The number of nitrogens with zero attached hydrogens (tertiary/aromatic N) is 4. The Morgan fingerprint density at radius 1 is 1.15 bits per heavy atom. The molecule has 0 aliphatic rings. The van der Waals surface area contributed by atoms with Gasteiger partial charge in [0.1, 0.15) is 11.6 Å². The van der Waals surface area contributed by atoms with Crippen molar-refractivity contribution in [1.29, 1.82) is 0 Å². The van der Waals surface area contributed by atoms with Gasteiger partial charge in [-0.1, -0.05) is 24.3 Å². The van der Waals surface area contributed by atoms with E-state index in [0.29, 0.717) is 5.82 Å². The molecule has 0 radical (unpaired) electrons. The highest BCUT2D eigenvalue weighted by atomic mass is 15.3. The second-order valence-electron chi connectivity index (χ2n) is 4.91. The summed E-state index contributed by atoms with van der Waals surface area (Å²) < 4.78 is 3.71. The van der Waals surface area contributed by atoms with Gasteiger partial charge >= 0.3 is 0 Å². The highest BCUT2D eigenvalue weighted by molar-refractivity contribution is 5.62. The predicted molar refractivity (Wildman–Crippen MR) is 79.1 cm³/mol. The highest BCUT2D eigenvalue weighted by Gasteiger charge is 2.06. The van der Waals surface area contributed by atoms with Gasteiger partial charge in [0, 0.05) is 44.5 Å². The molecule has 1 aromatic carbocycles. The van der Waals surface area contributed by atoms with Crippen LogP contribution >= 0.6 is 0 Å². The third-order valence-corrected chi connectivity index (χ3v) is 3.45. The molecule has 0 bridgehead atoms. The lowest BCUT2D eigenvalue weighted by molar-refractivity contribution is 0.782. The van der Waals surface area contributed by atoms with Gasteiger partial charge in [-0.3, -0.25) is 4.68 Å². The standard InChI is InChI=1S/C15H17N5/c1-19-8-7-17-15(19)9-11-3-5-12(6-4-11)13-10-14(16)20(2)18-13/h3-8,10H,9,16H2,1-2H3. The van der Waals surface area contributed by atoms with E-state index < -0.39 is 0 Å². The first-order chi connectivity index (χ1) is 9.63. The lowest BCUT2D eigenvalue weighted by atomic mass is 10.1. The highest BCUT2D eigenvalue weighted by Crippen LogP contribution is 2.21. The molecule has 0 atom stereocenters. The fourth-order valence-corrected chi connectivity index (χ4v) is 2.17. The molecule has 20 heavy (non-hydrogen) atoms. The number of imidazole rings is 1. The summed E-state index contributed by atoms with van der Waals surface area (Å²) in [4.78, 5) is 4.34. The Morgan fingerprint density at radius 2 is 1.90 bits per heavy atom. The van der Waals surface area contributed by atoms with E-state index in [1.54, 1.807) is 4.68 Å². The van der Waals surface area contributed by atoms with Gasteiger partial charge in [0.25, 0.3) is 0 Å². The smallest absolute Gasteiger partial charge is 0.121 e. The first kappa shape index (κ1) is 12.5. The summed E-state index contributed by atoms with van der Waals surface area (Å²) in [5.74, 6) is 1.72. The zero-order valence-corrected chi connectivity index (χ0v) is 11.6. The monoisotopic (exact) mass is 267 g/mol. The normalized spacial score (nSPS) is 10.9. The number of benzene rings is 1. The van der Waals surface area contributed by atoms with Gasteiger partial charge < -0.3 is 10.3 Å². The summed E-state index contributed by atoms with van der Waals surface area (Å²) in [6, 6.07) is 10.2. The minimum Gasteiger partial charge on any atom is -0.384 e. The van der Waals surface area contributed by atoms with Crippen LogP contribution in [-0.2, 0) is 20.5 Å². The van der Waals surface area contributed by atoms with E-state index in [1.807, 2.05) is 37.1 Å². The first-order valence-corrected chi connectivity index (χ1v) is 6.48. The minimum absolute atomic E-state index is 0.664. The number of rotatable bonds is 3. The average molecular weight is 267 g/mol. The molecule has 0 aliphatic heterocycles. The lowest BCUT2D eigenvalue weighted by Gasteiger charge is -2.03. The van der Waals surface area contributed by atoms with Crippen molar-refractivity contribution >= 4 is 5.82 Å². The van der Waals surface area contributed by atoms with Gasteiger partial charge in [0.15, 0.2) is 0 Å². The van der Waals surface area contributed by atoms with Crippen molar-refractivity contribution in [2.75, 3.05) is 5.73 Å². The van der Waals surface area contributed by atoms with Crippen LogP contribution in [0.3, 0.4) is 0 Å². The Hall–Kier alpha value is -2.56. The van der Waals surface area contributed by atoms with Crippen LogP contribution in [0, 0.1) is 0 Å². The lowest BCUT2D eigenvalue weighted by Crippen LogP contribution is -1.98. The molecule has 0 aliphatic carbocycles. The zero-order valence-electron chi connectivity index (χ0n) is 11.6. The van der Waals surface area contributed by atoms with Crippen molar-refractivity contribution in [3.05, 3.63) is 54.1 Å². The maximum Gasteiger partial charge on any atom is 0.121 e. The van der Waals surface area contributed by atoms with Crippen molar-refractivity contribution in [3.8, 4) is 11.3 Å². The van der Waals surface area contributed by atoms with Gasteiger partial charge in [0.05, 0.1) is 5.69 Å². The molecular formula is C15H17N5. The topological polar surface area (TPSA) is 61.7 Å². The molecule has 0 unspecified atom stereocenters. The molecule has 2 aromatic heterocycles. The van der Waals surface area contributed by atoms with Crippen LogP contribution < -0.4 is 5.73 Å². The third-order valence-electron chi connectivity index (χ3n) is 3.45. The molecule has 3 rings (SSSR count). The summed E-state index contributed by atoms with van der Waals surface area (Å²) in [5, 5.41) is 4.38. The molecule has 5 heteroatoms. The van der Waals surface area contributed by atoms with Gasteiger partial charge in [-0.2, -0.15) is 5.10 Å². The van der Waals surface area contributed by atoms with Gasteiger partial charge in [-0.25, -0.2) is 4.98 Å². The van der Waals surface area contributed by atoms with E-state index in [0.717, 1.165) is 23.5 Å². The Morgan fingerprint density at radius 3 is 2.45 bits per heavy atom. The first-order valence-electron chi connectivity index (χ1n) is 6.48. The van der Waals surface area contributed by atoms with Crippen molar-refractivity contribution in [2.45, 2.75) is 6.42 Å². The Kier molecular flexibility index (Phi) is 3.02. The van der Waals surface area contributed by atoms with E-state index >= 15 is 0 Å². The number of hydrogen-bond acceptors (Lipinski definition) is 3. The third kappa shape index (κ3) is 2.30. The molecule has 0 saturated carbocycles. The quantitative estimate of drug-likeness (QED) is 0.789. The van der Waals surface area contributed by atoms with E-state index in [1.165, 1.54) is 5.56 Å². The number of aromatic nitrogens is 4. The van der Waals surface area contributed by atoms with Gasteiger partial charge in [-0.05, 0) is 5.56 Å². The SMILES string of the molecule is Cn1ccnc1Cc1ccc(-c2cc(N)n(C)n2)cc1. The largest absolute Gasteiger partial charge is 0.384 e. The Bertz CT molecular complexity index is 702. The molecular weight excluding hydrogens is 250 g/mol. The van der Waals surface area contributed by atoms with Crippen molar-refractivity contribution < 1.29 is 0 Å². The molecule has 3 aromatic rings. The van der Waals surface area contributed by atoms with E-state index in [2.05, 4.69) is 34.3 Å². The molecule has 0 amide bonds. The second kappa shape index (κ2) is 4.85. The number of anilines is 1. The number of nitrogen functional groups attached to an aromatic ring is 1. The Balaban J connectivity index is 1.82. The summed E-state index contributed by atoms with van der Waals surface area (Å²) in [7, 11) is 3.85. The maximum absolute atomic E-state index is 5.80.